The van der Waals surface area contributed by atoms with E-state index in [1.165, 1.54) is 18.2 Å². The van der Waals surface area contributed by atoms with Crippen LogP contribution in [0.4, 0.5) is 30.2 Å². The highest BCUT2D eigenvalue weighted by molar-refractivity contribution is 6.06. The van der Waals surface area contributed by atoms with Gasteiger partial charge in [-0.2, -0.15) is 13.2 Å². The van der Waals surface area contributed by atoms with Crippen molar-refractivity contribution in [2.24, 2.45) is 0 Å². The maximum atomic E-state index is 13.5. The third-order valence-electron chi connectivity index (χ3n) is 5.23. The molecule has 34 heavy (non-hydrogen) atoms. The first-order chi connectivity index (χ1) is 16.1. The maximum Gasteiger partial charge on any atom is 0.416 e. The van der Waals surface area contributed by atoms with Gasteiger partial charge in [0.15, 0.2) is 0 Å². The number of aryl methyl sites for hydroxylation is 1. The molecule has 2 amide bonds. The first-order valence-corrected chi connectivity index (χ1v) is 10.5. The molecule has 0 bridgehead atoms. The molecule has 178 valence electrons. The van der Waals surface area contributed by atoms with Crippen molar-refractivity contribution in [2.75, 3.05) is 28.7 Å². The van der Waals surface area contributed by atoms with Crippen molar-refractivity contribution >= 4 is 28.9 Å². The molecule has 0 saturated carbocycles. The van der Waals surface area contributed by atoms with E-state index in [9.17, 15) is 22.8 Å². The van der Waals surface area contributed by atoms with E-state index in [2.05, 4.69) is 21.1 Å². The van der Waals surface area contributed by atoms with E-state index < -0.39 is 23.6 Å². The minimum atomic E-state index is -4.60. The molecule has 1 fully saturated rings. The standard InChI is InChI=1S/C23H22F3N5O3/c1-13-6-20(34-30-13)22(33)29-18-5-3-4-17(10-18)28-21(32)15-7-16(23(24,25)26)9-19(8-15)31-11-14(2)27-12-31/h3-10,14,27H,11-12H2,1-2H3,(H,28,32)(H,29,33). The summed E-state index contributed by atoms with van der Waals surface area (Å²) in [4.78, 5) is 26.9. The van der Waals surface area contributed by atoms with Crippen LogP contribution in [0.5, 0.6) is 0 Å². The molecule has 8 nitrogen and oxygen atoms in total. The Balaban J connectivity index is 1.54. The molecule has 11 heteroatoms. The zero-order valence-electron chi connectivity index (χ0n) is 18.4. The molecule has 0 radical (unpaired) electrons. The average Bonchev–Trinajstić information content (AvgIpc) is 3.41. The van der Waals surface area contributed by atoms with Crippen molar-refractivity contribution in [3.8, 4) is 0 Å². The number of carbonyl (C=O) groups excluding carboxylic acids is 2. The van der Waals surface area contributed by atoms with Crippen LogP contribution in [0.15, 0.2) is 53.1 Å². The van der Waals surface area contributed by atoms with Crippen LogP contribution in [0.2, 0.25) is 0 Å². The summed E-state index contributed by atoms with van der Waals surface area (Å²) in [7, 11) is 0. The van der Waals surface area contributed by atoms with Gasteiger partial charge in [-0.25, -0.2) is 0 Å². The number of anilines is 3. The van der Waals surface area contributed by atoms with Gasteiger partial charge in [-0.1, -0.05) is 11.2 Å². The van der Waals surface area contributed by atoms with Gasteiger partial charge in [0.25, 0.3) is 11.8 Å². The van der Waals surface area contributed by atoms with Crippen LogP contribution in [0.3, 0.4) is 0 Å². The number of rotatable bonds is 5. The van der Waals surface area contributed by atoms with Crippen LogP contribution in [0.25, 0.3) is 0 Å². The van der Waals surface area contributed by atoms with Crippen LogP contribution >= 0.6 is 0 Å². The average molecular weight is 473 g/mol. The number of benzene rings is 2. The van der Waals surface area contributed by atoms with Gasteiger partial charge < -0.3 is 20.1 Å². The highest BCUT2D eigenvalue weighted by Crippen LogP contribution is 2.33. The molecule has 4 rings (SSSR count). The van der Waals surface area contributed by atoms with Crippen LogP contribution in [-0.2, 0) is 6.18 Å². The van der Waals surface area contributed by atoms with Gasteiger partial charge in [0.2, 0.25) is 5.76 Å². The Bertz CT molecular complexity index is 1220. The smallest absolute Gasteiger partial charge is 0.357 e. The number of halogens is 3. The van der Waals surface area contributed by atoms with Gasteiger partial charge in [0.05, 0.1) is 17.9 Å². The van der Waals surface area contributed by atoms with Gasteiger partial charge in [-0.15, -0.1) is 0 Å². The Morgan fingerprint density at radius 2 is 1.79 bits per heavy atom. The molecule has 1 unspecified atom stereocenters. The lowest BCUT2D eigenvalue weighted by Crippen LogP contribution is -2.23. The molecule has 2 heterocycles. The number of hydrogen-bond donors (Lipinski definition) is 3. The summed E-state index contributed by atoms with van der Waals surface area (Å²) in [6, 6.07) is 11.1. The highest BCUT2D eigenvalue weighted by Gasteiger charge is 2.33. The second kappa shape index (κ2) is 9.18. The van der Waals surface area contributed by atoms with Crippen molar-refractivity contribution in [1.82, 2.24) is 10.5 Å². The van der Waals surface area contributed by atoms with Crippen LogP contribution in [0.1, 0.15) is 39.1 Å². The van der Waals surface area contributed by atoms with Gasteiger partial charge in [-0.05, 0) is 50.2 Å². The minimum Gasteiger partial charge on any atom is -0.357 e. The highest BCUT2D eigenvalue weighted by atomic mass is 19.4. The first-order valence-electron chi connectivity index (χ1n) is 10.5. The van der Waals surface area contributed by atoms with Gasteiger partial charge >= 0.3 is 6.18 Å². The van der Waals surface area contributed by atoms with Crippen molar-refractivity contribution in [3.63, 3.8) is 0 Å². The summed E-state index contributed by atoms with van der Waals surface area (Å²) in [5.41, 5.74) is 0.477. The predicted molar refractivity (Wildman–Crippen MR) is 120 cm³/mol. The summed E-state index contributed by atoms with van der Waals surface area (Å²) in [5, 5.41) is 12.0. The summed E-state index contributed by atoms with van der Waals surface area (Å²) < 4.78 is 45.4. The summed E-state index contributed by atoms with van der Waals surface area (Å²) in [6.45, 7) is 4.51. The Morgan fingerprint density at radius 3 is 2.38 bits per heavy atom. The molecular formula is C23H22F3N5O3. The summed E-state index contributed by atoms with van der Waals surface area (Å²) in [6.07, 6.45) is -4.60. The molecular weight excluding hydrogens is 451 g/mol. The Hall–Kier alpha value is -3.86. The van der Waals surface area contributed by atoms with Crippen molar-refractivity contribution in [3.05, 3.63) is 71.1 Å². The number of aromatic nitrogens is 1. The fourth-order valence-corrected chi connectivity index (χ4v) is 3.55. The predicted octanol–water partition coefficient (Wildman–Crippen LogP) is 4.26. The van der Waals surface area contributed by atoms with E-state index in [-0.39, 0.29) is 17.4 Å². The van der Waals surface area contributed by atoms with Crippen molar-refractivity contribution in [1.29, 1.82) is 0 Å². The van der Waals surface area contributed by atoms with Crippen LogP contribution in [0, 0.1) is 6.92 Å². The monoisotopic (exact) mass is 473 g/mol. The normalized spacial score (nSPS) is 15.9. The number of carbonyl (C=O) groups is 2. The number of hydrogen-bond acceptors (Lipinski definition) is 6. The molecule has 1 saturated heterocycles. The zero-order valence-corrected chi connectivity index (χ0v) is 18.4. The van der Waals surface area contributed by atoms with E-state index >= 15 is 0 Å². The number of alkyl halides is 3. The van der Waals surface area contributed by atoms with E-state index in [1.807, 2.05) is 6.92 Å². The van der Waals surface area contributed by atoms with Crippen LogP contribution < -0.4 is 20.9 Å². The molecule has 3 aromatic rings. The topological polar surface area (TPSA) is 99.5 Å². The Kier molecular flexibility index (Phi) is 6.29. The molecule has 0 aliphatic carbocycles. The lowest BCUT2D eigenvalue weighted by Gasteiger charge is -2.20. The third kappa shape index (κ3) is 5.37. The quantitative estimate of drug-likeness (QED) is 0.512. The fraction of sp³-hybridized carbons (Fsp3) is 0.261. The lowest BCUT2D eigenvalue weighted by atomic mass is 10.1. The Morgan fingerprint density at radius 1 is 1.09 bits per heavy atom. The number of nitrogens with one attached hydrogen (secondary N) is 3. The van der Waals surface area contributed by atoms with Crippen molar-refractivity contribution < 1.29 is 27.3 Å². The molecule has 1 aromatic heterocycles. The number of nitrogens with zero attached hydrogens (tertiary/aromatic N) is 2. The third-order valence-corrected chi connectivity index (χ3v) is 5.23. The summed E-state index contributed by atoms with van der Waals surface area (Å²) in [5.74, 6) is -1.21. The van der Waals surface area contributed by atoms with E-state index in [0.717, 1.165) is 12.1 Å². The van der Waals surface area contributed by atoms with E-state index in [1.54, 1.807) is 30.0 Å². The second-order valence-corrected chi connectivity index (χ2v) is 8.07. The molecule has 3 N–H and O–H groups in total. The minimum absolute atomic E-state index is 0.0224. The SMILES string of the molecule is Cc1cc(C(=O)Nc2cccc(NC(=O)c3cc(N4CNC(C)C4)cc(C(F)(F)F)c3)c2)on1. The molecule has 0 spiro atoms. The molecule has 1 aliphatic heterocycles. The van der Waals surface area contributed by atoms with Gasteiger partial charge in [0, 0.05) is 41.3 Å². The second-order valence-electron chi connectivity index (χ2n) is 8.07. The van der Waals surface area contributed by atoms with Gasteiger partial charge in [-0.3, -0.25) is 14.9 Å². The first kappa shape index (κ1) is 23.3. The number of amides is 2. The zero-order chi connectivity index (χ0) is 24.5. The summed E-state index contributed by atoms with van der Waals surface area (Å²) >= 11 is 0. The van der Waals surface area contributed by atoms with Gasteiger partial charge in [0.1, 0.15) is 0 Å². The fourth-order valence-electron chi connectivity index (χ4n) is 3.55. The van der Waals surface area contributed by atoms with Crippen LogP contribution in [-0.4, -0.2) is 36.2 Å². The molecule has 2 aromatic carbocycles. The molecule has 1 aliphatic rings. The van der Waals surface area contributed by atoms with E-state index in [4.69, 9.17) is 4.52 Å². The van der Waals surface area contributed by atoms with Crippen molar-refractivity contribution in [2.45, 2.75) is 26.1 Å². The largest absolute Gasteiger partial charge is 0.416 e. The Labute approximate surface area is 193 Å². The van der Waals surface area contributed by atoms with E-state index in [0.29, 0.717) is 36.0 Å². The molecule has 1 atom stereocenters. The lowest BCUT2D eigenvalue weighted by molar-refractivity contribution is -0.137. The maximum absolute atomic E-state index is 13.5.